The summed E-state index contributed by atoms with van der Waals surface area (Å²) in [4.78, 5) is 36.2. The summed E-state index contributed by atoms with van der Waals surface area (Å²) in [6, 6.07) is 5.40. The van der Waals surface area contributed by atoms with Crippen molar-refractivity contribution in [2.45, 2.75) is 55.9 Å². The third-order valence-corrected chi connectivity index (χ3v) is 7.94. The number of esters is 1. The first-order chi connectivity index (χ1) is 15.3. The Bertz CT molecular complexity index is 923. The van der Waals surface area contributed by atoms with E-state index in [2.05, 4.69) is 10.6 Å². The molecule has 0 spiro atoms. The molecule has 0 atom stereocenters. The molecule has 1 aromatic rings. The lowest BCUT2D eigenvalue weighted by Gasteiger charge is -2.30. The van der Waals surface area contributed by atoms with Crippen molar-refractivity contribution in [3.8, 4) is 0 Å². The Kier molecular flexibility index (Phi) is 8.50. The number of hydrogen-bond acceptors (Lipinski definition) is 6. The van der Waals surface area contributed by atoms with Gasteiger partial charge in [0, 0.05) is 24.2 Å². The number of nitrogens with one attached hydrogen (secondary N) is 2. The predicted octanol–water partition coefficient (Wildman–Crippen LogP) is 2.44. The molecular weight excluding hydrogens is 458 g/mol. The van der Waals surface area contributed by atoms with Crippen LogP contribution in [0, 0.1) is 5.92 Å². The lowest BCUT2D eigenvalue weighted by atomic mass is 9.96. The van der Waals surface area contributed by atoms with Gasteiger partial charge in [0.1, 0.15) is 0 Å². The van der Waals surface area contributed by atoms with Crippen LogP contribution in [-0.2, 0) is 24.3 Å². The van der Waals surface area contributed by atoms with Gasteiger partial charge in [0.15, 0.2) is 6.61 Å². The number of urea groups is 1. The number of amides is 3. The number of carbonyl (C=O) groups excluding carboxylic acids is 3. The topological polar surface area (TPSA) is 122 Å². The van der Waals surface area contributed by atoms with Crippen LogP contribution >= 0.6 is 11.6 Å². The second-order valence-corrected chi connectivity index (χ2v) is 10.5. The first-order valence-electron chi connectivity index (χ1n) is 10.8. The van der Waals surface area contributed by atoms with Crippen LogP contribution in [0.5, 0.6) is 0 Å². The monoisotopic (exact) mass is 485 g/mol. The van der Waals surface area contributed by atoms with E-state index in [1.807, 2.05) is 0 Å². The number of halogens is 1. The Hall–Kier alpha value is -2.17. The van der Waals surface area contributed by atoms with Crippen LogP contribution in [-0.4, -0.2) is 56.4 Å². The number of nitrogens with zero attached hydrogens (tertiary/aromatic N) is 1. The first kappa shape index (κ1) is 24.5. The van der Waals surface area contributed by atoms with Gasteiger partial charge in [-0.05, 0) is 49.9 Å². The van der Waals surface area contributed by atoms with Crippen molar-refractivity contribution in [2.75, 3.05) is 19.7 Å². The van der Waals surface area contributed by atoms with E-state index in [4.69, 9.17) is 16.3 Å². The average Bonchev–Trinajstić information content (AvgIpc) is 2.78. The third-order valence-electron chi connectivity index (χ3n) is 5.78. The Balaban J connectivity index is 1.40. The number of rotatable bonds is 6. The molecule has 0 radical (unpaired) electrons. The van der Waals surface area contributed by atoms with Gasteiger partial charge in [-0.1, -0.05) is 30.9 Å². The van der Waals surface area contributed by atoms with Crippen LogP contribution in [0.15, 0.2) is 29.2 Å². The van der Waals surface area contributed by atoms with Gasteiger partial charge in [0.05, 0.1) is 10.8 Å². The Morgan fingerprint density at radius 1 is 1.00 bits per heavy atom. The number of hydrogen-bond donors (Lipinski definition) is 2. The summed E-state index contributed by atoms with van der Waals surface area (Å²) in [5.41, 5.74) is 0. The summed E-state index contributed by atoms with van der Waals surface area (Å²) in [6.45, 7) is -0.221. The van der Waals surface area contributed by atoms with Crippen molar-refractivity contribution in [3.63, 3.8) is 0 Å². The molecule has 9 nitrogen and oxygen atoms in total. The normalized spacial score (nSPS) is 18.7. The maximum absolute atomic E-state index is 12.7. The number of imide groups is 1. The van der Waals surface area contributed by atoms with Crippen molar-refractivity contribution in [3.05, 3.63) is 29.3 Å². The largest absolute Gasteiger partial charge is 0.455 e. The maximum Gasteiger partial charge on any atom is 0.321 e. The minimum Gasteiger partial charge on any atom is -0.455 e. The van der Waals surface area contributed by atoms with E-state index in [-0.39, 0.29) is 36.9 Å². The van der Waals surface area contributed by atoms with Gasteiger partial charge in [-0.15, -0.1) is 0 Å². The fourth-order valence-electron chi connectivity index (χ4n) is 3.97. The Morgan fingerprint density at radius 3 is 2.25 bits per heavy atom. The third kappa shape index (κ3) is 6.66. The smallest absolute Gasteiger partial charge is 0.321 e. The molecule has 2 fully saturated rings. The molecule has 1 saturated carbocycles. The van der Waals surface area contributed by atoms with Crippen LogP contribution in [0.3, 0.4) is 0 Å². The molecule has 2 aliphatic rings. The zero-order valence-corrected chi connectivity index (χ0v) is 19.3. The average molecular weight is 486 g/mol. The van der Waals surface area contributed by atoms with Crippen molar-refractivity contribution in [1.29, 1.82) is 0 Å². The highest BCUT2D eigenvalue weighted by Crippen LogP contribution is 2.25. The number of ether oxygens (including phenoxy) is 1. The second-order valence-electron chi connectivity index (χ2n) is 8.10. The van der Waals surface area contributed by atoms with Gasteiger partial charge in [-0.25, -0.2) is 13.2 Å². The van der Waals surface area contributed by atoms with E-state index < -0.39 is 40.5 Å². The highest BCUT2D eigenvalue weighted by molar-refractivity contribution is 7.89. The van der Waals surface area contributed by atoms with Gasteiger partial charge in [0.2, 0.25) is 10.0 Å². The first-order valence-corrected chi connectivity index (χ1v) is 12.6. The van der Waals surface area contributed by atoms with E-state index in [0.29, 0.717) is 5.02 Å². The van der Waals surface area contributed by atoms with Crippen LogP contribution in [0.1, 0.15) is 44.9 Å². The summed E-state index contributed by atoms with van der Waals surface area (Å²) in [7, 11) is -3.67. The van der Waals surface area contributed by atoms with E-state index in [9.17, 15) is 22.8 Å². The highest BCUT2D eigenvalue weighted by Gasteiger charge is 2.33. The molecular formula is C21H28ClN3O6S. The molecule has 3 rings (SSSR count). The molecule has 32 heavy (non-hydrogen) atoms. The molecule has 2 N–H and O–H groups in total. The van der Waals surface area contributed by atoms with Crippen molar-refractivity contribution in [2.24, 2.45) is 5.92 Å². The fraction of sp³-hybridized carbons (Fsp3) is 0.571. The van der Waals surface area contributed by atoms with Crippen LogP contribution in [0.4, 0.5) is 4.79 Å². The summed E-state index contributed by atoms with van der Waals surface area (Å²) >= 11 is 5.81. The van der Waals surface area contributed by atoms with E-state index in [0.717, 1.165) is 32.1 Å². The van der Waals surface area contributed by atoms with E-state index in [1.165, 1.54) is 28.6 Å². The Labute approximate surface area is 192 Å². The molecule has 11 heteroatoms. The van der Waals surface area contributed by atoms with Crippen molar-refractivity contribution in [1.82, 2.24) is 14.9 Å². The van der Waals surface area contributed by atoms with Crippen LogP contribution in [0.2, 0.25) is 5.02 Å². The molecule has 1 heterocycles. The highest BCUT2D eigenvalue weighted by atomic mass is 35.5. The van der Waals surface area contributed by atoms with Gasteiger partial charge in [-0.2, -0.15) is 4.31 Å². The molecule has 0 aromatic heterocycles. The maximum atomic E-state index is 12.7. The Morgan fingerprint density at radius 2 is 1.62 bits per heavy atom. The lowest BCUT2D eigenvalue weighted by molar-refractivity contribution is -0.153. The number of carbonyl (C=O) groups is 3. The van der Waals surface area contributed by atoms with E-state index in [1.54, 1.807) is 0 Å². The molecule has 1 aliphatic carbocycles. The van der Waals surface area contributed by atoms with Gasteiger partial charge < -0.3 is 10.1 Å². The molecule has 176 valence electrons. The molecule has 1 aliphatic heterocycles. The lowest BCUT2D eigenvalue weighted by Crippen LogP contribution is -2.46. The molecule has 0 unspecified atom stereocenters. The molecule has 3 amide bonds. The van der Waals surface area contributed by atoms with Gasteiger partial charge in [0.25, 0.3) is 5.91 Å². The fourth-order valence-corrected chi connectivity index (χ4v) is 5.57. The van der Waals surface area contributed by atoms with Gasteiger partial charge >= 0.3 is 12.0 Å². The predicted molar refractivity (Wildman–Crippen MR) is 117 cm³/mol. The number of piperidine rings is 1. The quantitative estimate of drug-likeness (QED) is 0.597. The molecule has 1 aromatic carbocycles. The van der Waals surface area contributed by atoms with Crippen molar-refractivity contribution >= 4 is 39.5 Å². The van der Waals surface area contributed by atoms with Crippen LogP contribution in [0.25, 0.3) is 0 Å². The summed E-state index contributed by atoms with van der Waals surface area (Å²) in [5.74, 6) is -1.78. The summed E-state index contributed by atoms with van der Waals surface area (Å²) < 4.78 is 31.8. The van der Waals surface area contributed by atoms with E-state index >= 15 is 0 Å². The zero-order valence-electron chi connectivity index (χ0n) is 17.7. The molecule has 0 bridgehead atoms. The van der Waals surface area contributed by atoms with Crippen LogP contribution < -0.4 is 10.6 Å². The minimum atomic E-state index is -3.67. The standard InChI is InChI=1S/C21H28ClN3O6S/c22-16-6-8-18(9-7-16)32(29,30)25-12-10-15(11-13-25)20(27)31-14-19(26)24-21(28)23-17-4-2-1-3-5-17/h6-9,15,17H,1-5,10-14H2,(H2,23,24,26,28). The number of sulfonamides is 1. The summed E-state index contributed by atoms with van der Waals surface area (Å²) in [6.07, 6.45) is 5.62. The van der Waals surface area contributed by atoms with Crippen molar-refractivity contribution < 1.29 is 27.5 Å². The number of benzene rings is 1. The molecule has 1 saturated heterocycles. The van der Waals surface area contributed by atoms with Gasteiger partial charge in [-0.3, -0.25) is 14.9 Å². The summed E-state index contributed by atoms with van der Waals surface area (Å²) in [5, 5.41) is 5.37. The second kappa shape index (κ2) is 11.1. The zero-order chi connectivity index (χ0) is 23.1. The SMILES string of the molecule is O=C(COC(=O)C1CCN(S(=O)(=O)c2ccc(Cl)cc2)CC1)NC(=O)NC1CCCCC1. The minimum absolute atomic E-state index is 0.0634.